The van der Waals surface area contributed by atoms with Crippen molar-refractivity contribution in [1.82, 2.24) is 15.0 Å². The fourth-order valence-electron chi connectivity index (χ4n) is 1.68. The molecular formula is C12H8N3OS. The third-order valence-corrected chi connectivity index (χ3v) is 3.15. The van der Waals surface area contributed by atoms with Crippen molar-refractivity contribution in [2.24, 2.45) is 0 Å². The first-order chi connectivity index (χ1) is 8.40. The molecule has 0 aliphatic carbocycles. The molecule has 2 heterocycles. The summed E-state index contributed by atoms with van der Waals surface area (Å²) < 4.78 is 6.46. The molecule has 0 aliphatic heterocycles. The summed E-state index contributed by atoms with van der Waals surface area (Å²) in [5, 5.41) is 0. The van der Waals surface area contributed by atoms with Crippen molar-refractivity contribution in [2.75, 3.05) is 7.11 Å². The van der Waals surface area contributed by atoms with Gasteiger partial charge in [-0.2, -0.15) is 0 Å². The highest BCUT2D eigenvalue weighted by molar-refractivity contribution is 7.16. The van der Waals surface area contributed by atoms with Crippen molar-refractivity contribution in [3.8, 4) is 17.1 Å². The van der Waals surface area contributed by atoms with Crippen molar-refractivity contribution in [3.63, 3.8) is 0 Å². The molecule has 2 aromatic heterocycles. The number of nitrogens with zero attached hydrogens (tertiary/aromatic N) is 3. The minimum absolute atomic E-state index is 0.638. The van der Waals surface area contributed by atoms with E-state index in [2.05, 4.69) is 20.5 Å². The van der Waals surface area contributed by atoms with Crippen molar-refractivity contribution in [1.29, 1.82) is 0 Å². The van der Waals surface area contributed by atoms with E-state index in [-0.39, 0.29) is 0 Å². The van der Waals surface area contributed by atoms with E-state index in [0.29, 0.717) is 11.6 Å². The molecule has 0 saturated carbocycles. The van der Waals surface area contributed by atoms with Crippen LogP contribution in [0.2, 0.25) is 0 Å². The molecule has 83 valence electrons. The van der Waals surface area contributed by atoms with Crippen LogP contribution in [0.4, 0.5) is 0 Å². The largest absolute Gasteiger partial charge is 0.494 e. The van der Waals surface area contributed by atoms with Gasteiger partial charge in [0.05, 0.1) is 17.4 Å². The number of hydrogen-bond acceptors (Lipinski definition) is 5. The topological polar surface area (TPSA) is 47.9 Å². The lowest BCUT2D eigenvalue weighted by Gasteiger charge is -2.07. The van der Waals surface area contributed by atoms with Crippen molar-refractivity contribution < 1.29 is 4.74 Å². The average molecular weight is 242 g/mol. The van der Waals surface area contributed by atoms with Gasteiger partial charge in [0.15, 0.2) is 17.1 Å². The Morgan fingerprint density at radius 3 is 2.82 bits per heavy atom. The maximum absolute atomic E-state index is 5.42. The van der Waals surface area contributed by atoms with E-state index >= 15 is 0 Å². The van der Waals surface area contributed by atoms with Crippen LogP contribution in [0, 0.1) is 5.51 Å². The Labute approximate surface area is 102 Å². The van der Waals surface area contributed by atoms with E-state index in [1.807, 2.05) is 12.1 Å². The number of hydrogen-bond donors (Lipinski definition) is 0. The van der Waals surface area contributed by atoms with Gasteiger partial charge in [-0.25, -0.2) is 15.0 Å². The lowest BCUT2D eigenvalue weighted by molar-refractivity contribution is 0.420. The summed E-state index contributed by atoms with van der Waals surface area (Å²) in [6, 6.07) is 5.71. The van der Waals surface area contributed by atoms with Gasteiger partial charge < -0.3 is 4.74 Å². The van der Waals surface area contributed by atoms with Crippen molar-refractivity contribution in [3.05, 3.63) is 36.1 Å². The highest BCUT2D eigenvalue weighted by atomic mass is 32.1. The van der Waals surface area contributed by atoms with Crippen LogP contribution in [0.5, 0.6) is 5.75 Å². The minimum atomic E-state index is 0.638. The first kappa shape index (κ1) is 10.2. The molecule has 1 radical (unpaired) electrons. The molecule has 17 heavy (non-hydrogen) atoms. The number of aromatic nitrogens is 3. The van der Waals surface area contributed by atoms with Gasteiger partial charge in [-0.3, -0.25) is 0 Å². The lowest BCUT2D eigenvalue weighted by Crippen LogP contribution is -1.93. The second-order valence-corrected chi connectivity index (χ2v) is 4.20. The van der Waals surface area contributed by atoms with E-state index in [0.717, 1.165) is 15.8 Å². The van der Waals surface area contributed by atoms with Crippen molar-refractivity contribution in [2.45, 2.75) is 0 Å². The number of methoxy groups -OCH3 is 1. The number of fused-ring (bicyclic) bond motifs is 1. The summed E-state index contributed by atoms with van der Waals surface area (Å²) in [4.78, 5) is 12.6. The molecule has 0 aliphatic rings. The average Bonchev–Trinajstić information content (AvgIpc) is 2.86. The Bertz CT molecular complexity index is 651. The first-order valence-electron chi connectivity index (χ1n) is 5.01. The summed E-state index contributed by atoms with van der Waals surface area (Å²) in [6.45, 7) is 0. The van der Waals surface area contributed by atoms with Crippen LogP contribution in [0.3, 0.4) is 0 Å². The van der Waals surface area contributed by atoms with Crippen LogP contribution in [-0.4, -0.2) is 22.1 Å². The Morgan fingerprint density at radius 2 is 2.06 bits per heavy atom. The molecule has 0 unspecified atom stereocenters. The zero-order valence-corrected chi connectivity index (χ0v) is 9.86. The molecule has 0 saturated heterocycles. The van der Waals surface area contributed by atoms with Crippen LogP contribution in [0.15, 0.2) is 30.6 Å². The SMILES string of the molecule is COc1c(-c2ncccn2)ccc2s[c]nc12. The molecule has 3 rings (SSSR count). The van der Waals surface area contributed by atoms with Crippen LogP contribution in [0.1, 0.15) is 0 Å². The van der Waals surface area contributed by atoms with Gasteiger partial charge in [-0.05, 0) is 18.2 Å². The van der Waals surface area contributed by atoms with Gasteiger partial charge in [0.1, 0.15) is 5.52 Å². The van der Waals surface area contributed by atoms with Gasteiger partial charge in [-0.1, -0.05) is 0 Å². The van der Waals surface area contributed by atoms with Gasteiger partial charge >= 0.3 is 0 Å². The maximum Gasteiger partial charge on any atom is 0.162 e. The Morgan fingerprint density at radius 1 is 1.24 bits per heavy atom. The van der Waals surface area contributed by atoms with E-state index in [1.165, 1.54) is 11.3 Å². The van der Waals surface area contributed by atoms with Crippen LogP contribution in [0.25, 0.3) is 21.6 Å². The molecule has 4 nitrogen and oxygen atoms in total. The summed E-state index contributed by atoms with van der Waals surface area (Å²) in [7, 11) is 1.63. The quantitative estimate of drug-likeness (QED) is 0.693. The standard InChI is InChI=1S/C12H8N3OS/c1-16-11-8(12-13-5-2-6-14-12)3-4-9-10(11)15-7-17-9/h2-6H,1H3. The molecule has 1 aromatic carbocycles. The van der Waals surface area contributed by atoms with Gasteiger partial charge in [0.2, 0.25) is 0 Å². The molecule has 0 fully saturated rings. The maximum atomic E-state index is 5.42. The van der Waals surface area contributed by atoms with Gasteiger partial charge in [0.25, 0.3) is 0 Å². The van der Waals surface area contributed by atoms with E-state index in [9.17, 15) is 0 Å². The molecular weight excluding hydrogens is 234 g/mol. The first-order valence-corrected chi connectivity index (χ1v) is 5.83. The number of ether oxygens (including phenoxy) is 1. The summed E-state index contributed by atoms with van der Waals surface area (Å²) >= 11 is 1.46. The Balaban J connectivity index is 2.29. The smallest absolute Gasteiger partial charge is 0.162 e. The molecule has 0 amide bonds. The molecule has 0 N–H and O–H groups in total. The number of benzene rings is 1. The zero-order valence-electron chi connectivity index (χ0n) is 9.04. The number of rotatable bonds is 2. The molecule has 3 aromatic rings. The molecule has 0 bridgehead atoms. The lowest BCUT2D eigenvalue weighted by atomic mass is 10.1. The molecule has 0 atom stereocenters. The third-order valence-electron chi connectivity index (χ3n) is 2.42. The molecule has 5 heteroatoms. The summed E-state index contributed by atoms with van der Waals surface area (Å²) in [5.41, 5.74) is 4.52. The number of thiazole rings is 1. The second kappa shape index (κ2) is 4.10. The fourth-order valence-corrected chi connectivity index (χ4v) is 2.29. The predicted molar refractivity (Wildman–Crippen MR) is 66.0 cm³/mol. The summed E-state index contributed by atoms with van der Waals surface area (Å²) in [6.07, 6.45) is 3.41. The van der Waals surface area contributed by atoms with Crippen LogP contribution in [-0.2, 0) is 0 Å². The highest BCUT2D eigenvalue weighted by Crippen LogP contribution is 2.35. The van der Waals surface area contributed by atoms with Gasteiger partial charge in [0, 0.05) is 12.4 Å². The third kappa shape index (κ3) is 1.64. The Kier molecular flexibility index (Phi) is 2.45. The van der Waals surface area contributed by atoms with E-state index in [4.69, 9.17) is 4.74 Å². The van der Waals surface area contributed by atoms with Crippen molar-refractivity contribution >= 4 is 21.6 Å². The normalized spacial score (nSPS) is 10.6. The van der Waals surface area contributed by atoms with E-state index < -0.39 is 0 Å². The van der Waals surface area contributed by atoms with Crippen LogP contribution < -0.4 is 4.74 Å². The monoisotopic (exact) mass is 242 g/mol. The highest BCUT2D eigenvalue weighted by Gasteiger charge is 2.13. The van der Waals surface area contributed by atoms with Gasteiger partial charge in [-0.15, -0.1) is 11.3 Å². The van der Waals surface area contributed by atoms with E-state index in [1.54, 1.807) is 25.6 Å². The fraction of sp³-hybridized carbons (Fsp3) is 0.0833. The molecule has 0 spiro atoms. The predicted octanol–water partition coefficient (Wildman–Crippen LogP) is 2.56. The summed E-state index contributed by atoms with van der Waals surface area (Å²) in [5.74, 6) is 1.34. The zero-order chi connectivity index (χ0) is 11.7. The van der Waals surface area contributed by atoms with Crippen LogP contribution >= 0.6 is 11.3 Å². The second-order valence-electron chi connectivity index (χ2n) is 3.37. The Hall–Kier alpha value is -2.01. The minimum Gasteiger partial charge on any atom is -0.494 e.